The number of amides is 1. The minimum absolute atomic E-state index is 0.0582. The standard InChI is InChI=1S/C16H23N3O3S/c1-19(15-6-7-23(21,22)11-15)16(20)12-8-14(10-17-9-12)18-13-4-2-3-5-13/h8-10,13,15,18H,2-7,11H2,1H3. The molecule has 1 unspecified atom stereocenters. The van der Waals surface area contributed by atoms with Crippen LogP contribution in [0.3, 0.4) is 0 Å². The van der Waals surface area contributed by atoms with E-state index in [-0.39, 0.29) is 23.5 Å². The van der Waals surface area contributed by atoms with E-state index >= 15 is 0 Å². The van der Waals surface area contributed by atoms with Crippen LogP contribution in [0.5, 0.6) is 0 Å². The van der Waals surface area contributed by atoms with E-state index in [0.29, 0.717) is 18.0 Å². The van der Waals surface area contributed by atoms with Gasteiger partial charge in [-0.15, -0.1) is 0 Å². The summed E-state index contributed by atoms with van der Waals surface area (Å²) in [5.74, 6) is 0.0501. The molecule has 1 atom stereocenters. The SMILES string of the molecule is CN(C(=O)c1cncc(NC2CCCC2)c1)C1CCS(=O)(=O)C1. The normalized spacial score (nSPS) is 23.8. The Morgan fingerprint density at radius 3 is 2.65 bits per heavy atom. The molecular weight excluding hydrogens is 314 g/mol. The van der Waals surface area contributed by atoms with Crippen LogP contribution in [0.4, 0.5) is 5.69 Å². The molecular formula is C16H23N3O3S. The van der Waals surface area contributed by atoms with Crippen molar-refractivity contribution in [3.63, 3.8) is 0 Å². The maximum absolute atomic E-state index is 12.6. The first kappa shape index (κ1) is 16.2. The second-order valence-corrected chi connectivity index (χ2v) is 8.79. The number of nitrogens with one attached hydrogen (secondary N) is 1. The zero-order valence-electron chi connectivity index (χ0n) is 13.4. The van der Waals surface area contributed by atoms with Crippen LogP contribution in [0.25, 0.3) is 0 Å². The molecule has 1 saturated heterocycles. The second-order valence-electron chi connectivity index (χ2n) is 6.56. The summed E-state index contributed by atoms with van der Waals surface area (Å²) >= 11 is 0. The molecule has 1 saturated carbocycles. The Hall–Kier alpha value is -1.63. The Kier molecular flexibility index (Phi) is 4.57. The van der Waals surface area contributed by atoms with Crippen LogP contribution in [-0.4, -0.2) is 54.8 Å². The molecule has 1 aliphatic carbocycles. The zero-order chi connectivity index (χ0) is 16.4. The molecule has 7 heteroatoms. The highest BCUT2D eigenvalue weighted by molar-refractivity contribution is 7.91. The van der Waals surface area contributed by atoms with E-state index in [4.69, 9.17) is 0 Å². The topological polar surface area (TPSA) is 79.4 Å². The summed E-state index contributed by atoms with van der Waals surface area (Å²) in [6.07, 6.45) is 8.57. The van der Waals surface area contributed by atoms with Gasteiger partial charge < -0.3 is 10.2 Å². The van der Waals surface area contributed by atoms with Crippen molar-refractivity contribution in [3.8, 4) is 0 Å². The van der Waals surface area contributed by atoms with Gasteiger partial charge in [-0.1, -0.05) is 12.8 Å². The van der Waals surface area contributed by atoms with Crippen LogP contribution >= 0.6 is 0 Å². The maximum Gasteiger partial charge on any atom is 0.255 e. The summed E-state index contributed by atoms with van der Waals surface area (Å²) in [4.78, 5) is 18.3. The number of hydrogen-bond donors (Lipinski definition) is 1. The van der Waals surface area contributed by atoms with Gasteiger partial charge in [0.05, 0.1) is 22.8 Å². The molecule has 0 bridgehead atoms. The van der Waals surface area contributed by atoms with Gasteiger partial charge in [-0.25, -0.2) is 8.42 Å². The van der Waals surface area contributed by atoms with Gasteiger partial charge in [0.1, 0.15) is 0 Å². The smallest absolute Gasteiger partial charge is 0.255 e. The zero-order valence-corrected chi connectivity index (χ0v) is 14.2. The number of sulfone groups is 1. The number of pyridine rings is 1. The van der Waals surface area contributed by atoms with Crippen LogP contribution in [-0.2, 0) is 9.84 Å². The van der Waals surface area contributed by atoms with E-state index < -0.39 is 9.84 Å². The van der Waals surface area contributed by atoms with Crippen LogP contribution < -0.4 is 5.32 Å². The Labute approximate surface area is 137 Å². The Morgan fingerprint density at radius 1 is 1.26 bits per heavy atom. The summed E-state index contributed by atoms with van der Waals surface area (Å²) < 4.78 is 23.2. The van der Waals surface area contributed by atoms with E-state index in [1.165, 1.54) is 12.8 Å². The van der Waals surface area contributed by atoms with Crippen LogP contribution in [0.2, 0.25) is 0 Å². The highest BCUT2D eigenvalue weighted by Crippen LogP contribution is 2.23. The lowest BCUT2D eigenvalue weighted by molar-refractivity contribution is 0.0747. The summed E-state index contributed by atoms with van der Waals surface area (Å²) in [5.41, 5.74) is 1.36. The van der Waals surface area contributed by atoms with Gasteiger partial charge in [-0.2, -0.15) is 0 Å². The minimum atomic E-state index is -3.00. The highest BCUT2D eigenvalue weighted by atomic mass is 32.2. The first-order chi connectivity index (χ1) is 10.9. The molecule has 0 spiro atoms. The van der Waals surface area contributed by atoms with Crippen LogP contribution in [0, 0.1) is 0 Å². The Bertz CT molecular complexity index is 684. The molecule has 1 aliphatic heterocycles. The Morgan fingerprint density at radius 2 is 2.00 bits per heavy atom. The largest absolute Gasteiger partial charge is 0.381 e. The summed E-state index contributed by atoms with van der Waals surface area (Å²) in [6.45, 7) is 0. The fourth-order valence-corrected chi connectivity index (χ4v) is 5.17. The minimum Gasteiger partial charge on any atom is -0.381 e. The third-order valence-electron chi connectivity index (χ3n) is 4.79. The number of hydrogen-bond acceptors (Lipinski definition) is 5. The summed E-state index contributed by atoms with van der Waals surface area (Å²) in [5, 5.41) is 3.43. The molecule has 2 heterocycles. The molecule has 3 rings (SSSR count). The quantitative estimate of drug-likeness (QED) is 0.904. The van der Waals surface area contributed by atoms with Gasteiger partial charge in [0, 0.05) is 31.5 Å². The number of rotatable bonds is 4. The predicted octanol–water partition coefficient (Wildman–Crippen LogP) is 1.70. The summed E-state index contributed by atoms with van der Waals surface area (Å²) in [6, 6.07) is 2.03. The number of anilines is 1. The number of carbonyl (C=O) groups excluding carboxylic acids is 1. The molecule has 1 aromatic heterocycles. The first-order valence-corrected chi connectivity index (χ1v) is 9.96. The van der Waals surface area contributed by atoms with Gasteiger partial charge in [-0.3, -0.25) is 9.78 Å². The second kappa shape index (κ2) is 6.47. The third kappa shape index (κ3) is 3.83. The molecule has 0 aromatic carbocycles. The summed E-state index contributed by atoms with van der Waals surface area (Å²) in [7, 11) is -1.33. The van der Waals surface area contributed by atoms with Crippen molar-refractivity contribution in [1.82, 2.24) is 9.88 Å². The van der Waals surface area contributed by atoms with Crippen molar-refractivity contribution in [2.45, 2.75) is 44.2 Å². The van der Waals surface area contributed by atoms with Gasteiger partial charge in [-0.05, 0) is 25.3 Å². The fourth-order valence-electron chi connectivity index (χ4n) is 3.39. The lowest BCUT2D eigenvalue weighted by Crippen LogP contribution is -2.37. The fraction of sp³-hybridized carbons (Fsp3) is 0.625. The van der Waals surface area contributed by atoms with Crippen molar-refractivity contribution in [2.75, 3.05) is 23.9 Å². The predicted molar refractivity (Wildman–Crippen MR) is 89.3 cm³/mol. The van der Waals surface area contributed by atoms with Gasteiger partial charge >= 0.3 is 0 Å². The molecule has 6 nitrogen and oxygen atoms in total. The van der Waals surface area contributed by atoms with Crippen LogP contribution in [0.1, 0.15) is 42.5 Å². The van der Waals surface area contributed by atoms with E-state index in [1.54, 1.807) is 24.3 Å². The number of aromatic nitrogens is 1. The average Bonchev–Trinajstić information content (AvgIpc) is 3.15. The van der Waals surface area contributed by atoms with Crippen molar-refractivity contribution in [2.24, 2.45) is 0 Å². The van der Waals surface area contributed by atoms with Crippen LogP contribution in [0.15, 0.2) is 18.5 Å². The maximum atomic E-state index is 12.6. The van der Waals surface area contributed by atoms with E-state index in [2.05, 4.69) is 10.3 Å². The van der Waals surface area contributed by atoms with E-state index in [9.17, 15) is 13.2 Å². The molecule has 1 N–H and O–H groups in total. The number of nitrogens with zero attached hydrogens (tertiary/aromatic N) is 2. The highest BCUT2D eigenvalue weighted by Gasteiger charge is 2.33. The lowest BCUT2D eigenvalue weighted by Gasteiger charge is -2.23. The van der Waals surface area contributed by atoms with Crippen molar-refractivity contribution < 1.29 is 13.2 Å². The van der Waals surface area contributed by atoms with Gasteiger partial charge in [0.25, 0.3) is 5.91 Å². The molecule has 1 amide bonds. The third-order valence-corrected chi connectivity index (χ3v) is 6.54. The molecule has 1 aromatic rings. The Balaban J connectivity index is 1.69. The van der Waals surface area contributed by atoms with Crippen molar-refractivity contribution in [1.29, 1.82) is 0 Å². The molecule has 0 radical (unpaired) electrons. The van der Waals surface area contributed by atoms with Crippen molar-refractivity contribution >= 4 is 21.4 Å². The van der Waals surface area contributed by atoms with Crippen molar-refractivity contribution in [3.05, 3.63) is 24.0 Å². The number of carbonyl (C=O) groups is 1. The average molecular weight is 337 g/mol. The molecule has 23 heavy (non-hydrogen) atoms. The monoisotopic (exact) mass is 337 g/mol. The molecule has 2 fully saturated rings. The van der Waals surface area contributed by atoms with E-state index in [0.717, 1.165) is 18.5 Å². The van der Waals surface area contributed by atoms with Gasteiger partial charge in [0.2, 0.25) is 0 Å². The molecule has 2 aliphatic rings. The first-order valence-electron chi connectivity index (χ1n) is 8.14. The van der Waals surface area contributed by atoms with Gasteiger partial charge in [0.15, 0.2) is 9.84 Å². The van der Waals surface area contributed by atoms with E-state index in [1.807, 2.05) is 6.07 Å². The lowest BCUT2D eigenvalue weighted by atomic mass is 10.1. The molecule has 126 valence electrons.